The summed E-state index contributed by atoms with van der Waals surface area (Å²) < 4.78 is 30.4. The number of aromatic nitrogens is 3. The molecular weight excluding hydrogens is 252 g/mol. The van der Waals surface area contributed by atoms with Crippen LogP contribution in [-0.2, 0) is 17.0 Å². The minimum atomic E-state index is -2.43. The van der Waals surface area contributed by atoms with E-state index in [1.54, 1.807) is 0 Å². The standard InChI is InChI=1S/C10H16ClF2N3O/c1-7(2)16-9(14-15-10(16)5-11)3-4-17-6-8(12)13/h7-8H,3-6H2,1-2H3. The number of nitrogens with zero attached hydrogens (tertiary/aromatic N) is 3. The fraction of sp³-hybridized carbons (Fsp3) is 0.800. The van der Waals surface area contributed by atoms with E-state index < -0.39 is 13.0 Å². The van der Waals surface area contributed by atoms with Crippen LogP contribution in [0, 0.1) is 0 Å². The molecule has 0 unspecified atom stereocenters. The van der Waals surface area contributed by atoms with E-state index in [0.29, 0.717) is 18.1 Å². The Labute approximate surface area is 104 Å². The highest BCUT2D eigenvalue weighted by Crippen LogP contribution is 2.13. The van der Waals surface area contributed by atoms with Crippen molar-refractivity contribution in [1.82, 2.24) is 14.8 Å². The summed E-state index contributed by atoms with van der Waals surface area (Å²) in [5.74, 6) is 1.68. The average molecular weight is 268 g/mol. The molecule has 0 fully saturated rings. The lowest BCUT2D eigenvalue weighted by molar-refractivity contribution is 0.0180. The molecule has 0 bridgehead atoms. The van der Waals surface area contributed by atoms with Crippen LogP contribution in [0.15, 0.2) is 0 Å². The van der Waals surface area contributed by atoms with Gasteiger partial charge < -0.3 is 9.30 Å². The van der Waals surface area contributed by atoms with Crippen LogP contribution in [0.25, 0.3) is 0 Å². The van der Waals surface area contributed by atoms with Gasteiger partial charge in [-0.15, -0.1) is 21.8 Å². The van der Waals surface area contributed by atoms with Gasteiger partial charge in [0.05, 0.1) is 12.5 Å². The third kappa shape index (κ3) is 4.20. The van der Waals surface area contributed by atoms with E-state index in [4.69, 9.17) is 16.3 Å². The molecule has 1 rings (SSSR count). The number of hydrogen-bond donors (Lipinski definition) is 0. The van der Waals surface area contributed by atoms with Gasteiger partial charge in [-0.25, -0.2) is 8.78 Å². The van der Waals surface area contributed by atoms with Crippen molar-refractivity contribution in [2.45, 2.75) is 38.6 Å². The van der Waals surface area contributed by atoms with Gasteiger partial charge in [-0.3, -0.25) is 0 Å². The molecule has 1 aromatic rings. The monoisotopic (exact) mass is 267 g/mol. The van der Waals surface area contributed by atoms with Crippen LogP contribution < -0.4 is 0 Å². The Balaban J connectivity index is 2.55. The third-order valence-corrected chi connectivity index (χ3v) is 2.43. The summed E-state index contributed by atoms with van der Waals surface area (Å²) in [5, 5.41) is 7.93. The normalized spacial score (nSPS) is 11.7. The number of halogens is 3. The van der Waals surface area contributed by atoms with Crippen LogP contribution in [0.3, 0.4) is 0 Å². The lowest BCUT2D eigenvalue weighted by Crippen LogP contribution is -2.13. The summed E-state index contributed by atoms with van der Waals surface area (Å²) in [6.07, 6.45) is -1.98. The quantitative estimate of drug-likeness (QED) is 0.563. The predicted octanol–water partition coefficient (Wildman–Crippen LogP) is 2.42. The van der Waals surface area contributed by atoms with E-state index in [2.05, 4.69) is 10.2 Å². The molecule has 0 atom stereocenters. The van der Waals surface area contributed by atoms with Crippen molar-refractivity contribution < 1.29 is 13.5 Å². The first-order valence-corrected chi connectivity index (χ1v) is 5.94. The van der Waals surface area contributed by atoms with E-state index >= 15 is 0 Å². The SMILES string of the molecule is CC(C)n1c(CCl)nnc1CCOCC(F)F. The number of hydrogen-bond acceptors (Lipinski definition) is 3. The maximum Gasteiger partial charge on any atom is 0.261 e. The van der Waals surface area contributed by atoms with Crippen LogP contribution in [-0.4, -0.2) is 34.4 Å². The van der Waals surface area contributed by atoms with Gasteiger partial charge in [-0.05, 0) is 13.8 Å². The Kier molecular flexibility index (Phi) is 5.77. The zero-order chi connectivity index (χ0) is 12.8. The predicted molar refractivity (Wildman–Crippen MR) is 60.5 cm³/mol. The lowest BCUT2D eigenvalue weighted by Gasteiger charge is -2.12. The second kappa shape index (κ2) is 6.86. The van der Waals surface area contributed by atoms with Crippen LogP contribution in [0.1, 0.15) is 31.5 Å². The maximum atomic E-state index is 11.9. The molecular formula is C10H16ClF2N3O. The van der Waals surface area contributed by atoms with Crippen molar-refractivity contribution in [3.8, 4) is 0 Å². The summed E-state index contributed by atoms with van der Waals surface area (Å²) in [6.45, 7) is 3.64. The Morgan fingerprint density at radius 3 is 2.47 bits per heavy atom. The molecule has 17 heavy (non-hydrogen) atoms. The summed E-state index contributed by atoms with van der Waals surface area (Å²) in [7, 11) is 0. The fourth-order valence-electron chi connectivity index (χ4n) is 1.55. The smallest absolute Gasteiger partial charge is 0.261 e. The van der Waals surface area contributed by atoms with Gasteiger partial charge in [0.1, 0.15) is 18.3 Å². The fourth-order valence-corrected chi connectivity index (χ4v) is 1.74. The number of alkyl halides is 3. The van der Waals surface area contributed by atoms with E-state index in [1.807, 2.05) is 18.4 Å². The highest BCUT2D eigenvalue weighted by Gasteiger charge is 2.13. The molecule has 1 aromatic heterocycles. The molecule has 0 aliphatic heterocycles. The molecule has 0 aliphatic carbocycles. The number of ether oxygens (including phenoxy) is 1. The van der Waals surface area contributed by atoms with E-state index in [9.17, 15) is 8.78 Å². The molecule has 98 valence electrons. The summed E-state index contributed by atoms with van der Waals surface area (Å²) in [5.41, 5.74) is 0. The van der Waals surface area contributed by atoms with E-state index in [-0.39, 0.29) is 18.5 Å². The van der Waals surface area contributed by atoms with Crippen molar-refractivity contribution in [3.63, 3.8) is 0 Å². The molecule has 0 spiro atoms. The second-order valence-corrected chi connectivity index (χ2v) is 4.11. The molecule has 0 aromatic carbocycles. The molecule has 0 N–H and O–H groups in total. The first-order valence-electron chi connectivity index (χ1n) is 5.40. The second-order valence-electron chi connectivity index (χ2n) is 3.85. The largest absolute Gasteiger partial charge is 0.375 e. The van der Waals surface area contributed by atoms with Crippen LogP contribution >= 0.6 is 11.6 Å². The van der Waals surface area contributed by atoms with Gasteiger partial charge >= 0.3 is 0 Å². The lowest BCUT2D eigenvalue weighted by atomic mass is 10.3. The Morgan fingerprint density at radius 1 is 1.29 bits per heavy atom. The molecule has 7 heteroatoms. The zero-order valence-electron chi connectivity index (χ0n) is 9.87. The van der Waals surface area contributed by atoms with E-state index in [0.717, 1.165) is 0 Å². The Bertz CT molecular complexity index is 344. The molecule has 0 radical (unpaired) electrons. The van der Waals surface area contributed by atoms with E-state index in [1.165, 1.54) is 0 Å². The van der Waals surface area contributed by atoms with Crippen molar-refractivity contribution in [1.29, 1.82) is 0 Å². The van der Waals surface area contributed by atoms with Gasteiger partial charge in [0, 0.05) is 12.5 Å². The minimum Gasteiger partial charge on any atom is -0.375 e. The van der Waals surface area contributed by atoms with Gasteiger partial charge in [-0.2, -0.15) is 0 Å². The third-order valence-electron chi connectivity index (χ3n) is 2.19. The van der Waals surface area contributed by atoms with Gasteiger partial charge in [0.2, 0.25) is 0 Å². The topological polar surface area (TPSA) is 39.9 Å². The van der Waals surface area contributed by atoms with Gasteiger partial charge in [-0.1, -0.05) is 0 Å². The van der Waals surface area contributed by atoms with Crippen molar-refractivity contribution in [2.24, 2.45) is 0 Å². The molecule has 4 nitrogen and oxygen atoms in total. The number of rotatable bonds is 7. The molecule has 0 saturated carbocycles. The minimum absolute atomic E-state index is 0.184. The summed E-state index contributed by atoms with van der Waals surface area (Å²) >= 11 is 5.74. The maximum absolute atomic E-state index is 11.9. The summed E-state index contributed by atoms with van der Waals surface area (Å²) in [6, 6.07) is 0.184. The first kappa shape index (κ1) is 14.3. The van der Waals surface area contributed by atoms with Crippen molar-refractivity contribution in [2.75, 3.05) is 13.2 Å². The van der Waals surface area contributed by atoms with Gasteiger partial charge in [0.25, 0.3) is 6.43 Å². The van der Waals surface area contributed by atoms with Crippen molar-refractivity contribution in [3.05, 3.63) is 11.6 Å². The van der Waals surface area contributed by atoms with Crippen LogP contribution in [0.5, 0.6) is 0 Å². The average Bonchev–Trinajstić information content (AvgIpc) is 2.67. The molecule has 1 heterocycles. The zero-order valence-corrected chi connectivity index (χ0v) is 10.6. The summed E-state index contributed by atoms with van der Waals surface area (Å²) in [4.78, 5) is 0. The van der Waals surface area contributed by atoms with Gasteiger partial charge in [0.15, 0.2) is 0 Å². The van der Waals surface area contributed by atoms with Crippen LogP contribution in [0.2, 0.25) is 0 Å². The molecule has 0 amide bonds. The van der Waals surface area contributed by atoms with Crippen molar-refractivity contribution >= 4 is 11.6 Å². The highest BCUT2D eigenvalue weighted by molar-refractivity contribution is 6.16. The Hall–Kier alpha value is -0.750. The first-order chi connectivity index (χ1) is 8.06. The molecule has 0 saturated heterocycles. The van der Waals surface area contributed by atoms with Crippen LogP contribution in [0.4, 0.5) is 8.78 Å². The highest BCUT2D eigenvalue weighted by atomic mass is 35.5. The molecule has 0 aliphatic rings. The Morgan fingerprint density at radius 2 is 1.94 bits per heavy atom.